The molecule has 2 atom stereocenters. The van der Waals surface area contributed by atoms with E-state index in [2.05, 4.69) is 5.43 Å². The molecule has 29 heavy (non-hydrogen) atoms. The third-order valence-corrected chi connectivity index (χ3v) is 5.22. The van der Waals surface area contributed by atoms with Gasteiger partial charge in [-0.1, -0.05) is 51.1 Å². The Morgan fingerprint density at radius 3 is 2.45 bits per heavy atom. The topological polar surface area (TPSA) is 99.2 Å². The van der Waals surface area contributed by atoms with Gasteiger partial charge < -0.3 is 14.7 Å². The summed E-state index contributed by atoms with van der Waals surface area (Å²) in [6.07, 6.45) is -0.814. The van der Waals surface area contributed by atoms with Gasteiger partial charge in [-0.25, -0.2) is 15.0 Å². The Morgan fingerprint density at radius 2 is 1.90 bits per heavy atom. The summed E-state index contributed by atoms with van der Waals surface area (Å²) in [6, 6.07) is 9.01. The van der Waals surface area contributed by atoms with Crippen LogP contribution in [0.2, 0.25) is 0 Å². The van der Waals surface area contributed by atoms with Gasteiger partial charge >= 0.3 is 12.2 Å². The van der Waals surface area contributed by atoms with Gasteiger partial charge in [0, 0.05) is 25.0 Å². The minimum atomic E-state index is -0.967. The van der Waals surface area contributed by atoms with Crippen LogP contribution in [0, 0.1) is 11.3 Å². The van der Waals surface area contributed by atoms with Crippen molar-refractivity contribution in [1.82, 2.24) is 15.3 Å². The number of amides is 3. The molecule has 0 aliphatic carbocycles. The first-order valence-electron chi connectivity index (χ1n) is 9.91. The van der Waals surface area contributed by atoms with Crippen LogP contribution in [0.5, 0.6) is 0 Å². The fraction of sp³-hybridized carbons (Fsp3) is 0.571. The minimum Gasteiger partial charge on any atom is -0.465 e. The molecule has 2 rings (SSSR count). The van der Waals surface area contributed by atoms with Crippen LogP contribution in [-0.4, -0.2) is 52.2 Å². The molecule has 1 heterocycles. The summed E-state index contributed by atoms with van der Waals surface area (Å²) in [5.74, 6) is -0.576. The van der Waals surface area contributed by atoms with Crippen LogP contribution in [0.3, 0.4) is 0 Å². The van der Waals surface area contributed by atoms with Crippen molar-refractivity contribution in [3.05, 3.63) is 35.9 Å². The molecular formula is C21H31N3O5. The summed E-state index contributed by atoms with van der Waals surface area (Å²) >= 11 is 0. The van der Waals surface area contributed by atoms with Crippen LogP contribution in [0.15, 0.2) is 30.3 Å². The van der Waals surface area contributed by atoms with Crippen molar-refractivity contribution in [1.29, 1.82) is 0 Å². The molecule has 0 aromatic heterocycles. The van der Waals surface area contributed by atoms with E-state index >= 15 is 0 Å². The lowest BCUT2D eigenvalue weighted by molar-refractivity contribution is -0.141. The Morgan fingerprint density at radius 1 is 1.24 bits per heavy atom. The number of hydrazine groups is 1. The van der Waals surface area contributed by atoms with Gasteiger partial charge in [0.25, 0.3) is 0 Å². The van der Waals surface area contributed by atoms with Gasteiger partial charge in [-0.2, -0.15) is 0 Å². The largest absolute Gasteiger partial charge is 0.465 e. The standard InChI is InChI=1S/C21H31N3O5/c1-5-24(22-19(26)29-14-15-9-7-6-8-10-15)18(25)16-11-12-23(20(27)28)17(13-16)21(2,3)4/h6-10,16-17H,5,11-14H2,1-4H3,(H,22,26)(H,27,28). The van der Waals surface area contributed by atoms with Gasteiger partial charge in [0.1, 0.15) is 6.61 Å². The normalized spacial score (nSPS) is 19.4. The average molecular weight is 405 g/mol. The predicted molar refractivity (Wildman–Crippen MR) is 108 cm³/mol. The van der Waals surface area contributed by atoms with Crippen molar-refractivity contribution >= 4 is 18.1 Å². The quantitative estimate of drug-likeness (QED) is 0.747. The SMILES string of the molecule is CCN(NC(=O)OCc1ccccc1)C(=O)C1CCN(C(=O)O)C(C(C)(C)C)C1. The number of nitrogens with one attached hydrogen (secondary N) is 1. The molecule has 1 fully saturated rings. The van der Waals surface area contributed by atoms with Crippen molar-refractivity contribution < 1.29 is 24.2 Å². The molecule has 0 bridgehead atoms. The number of rotatable bonds is 4. The number of carbonyl (C=O) groups excluding carboxylic acids is 2. The van der Waals surface area contributed by atoms with E-state index < -0.39 is 12.2 Å². The van der Waals surface area contributed by atoms with Gasteiger partial charge in [-0.3, -0.25) is 9.80 Å². The molecule has 2 N–H and O–H groups in total. The number of benzene rings is 1. The number of ether oxygens (including phenoxy) is 1. The summed E-state index contributed by atoms with van der Waals surface area (Å²) < 4.78 is 5.19. The van der Waals surface area contributed by atoms with Crippen LogP contribution in [0.4, 0.5) is 9.59 Å². The summed E-state index contributed by atoms with van der Waals surface area (Å²) in [5, 5.41) is 10.7. The van der Waals surface area contributed by atoms with E-state index in [1.54, 1.807) is 6.92 Å². The van der Waals surface area contributed by atoms with Crippen molar-refractivity contribution in [2.45, 2.75) is 53.2 Å². The monoisotopic (exact) mass is 405 g/mol. The van der Waals surface area contributed by atoms with Crippen LogP contribution < -0.4 is 5.43 Å². The zero-order valence-corrected chi connectivity index (χ0v) is 17.6. The lowest BCUT2D eigenvalue weighted by Gasteiger charge is -2.44. The molecule has 8 heteroatoms. The lowest BCUT2D eigenvalue weighted by atomic mass is 9.77. The first kappa shape index (κ1) is 22.5. The van der Waals surface area contributed by atoms with E-state index in [-0.39, 0.29) is 29.9 Å². The van der Waals surface area contributed by atoms with Crippen molar-refractivity contribution in [3.63, 3.8) is 0 Å². The number of hydrogen-bond acceptors (Lipinski definition) is 4. The fourth-order valence-corrected chi connectivity index (χ4v) is 3.62. The smallest absolute Gasteiger partial charge is 0.426 e. The van der Waals surface area contributed by atoms with Crippen molar-refractivity contribution in [3.8, 4) is 0 Å². The zero-order valence-electron chi connectivity index (χ0n) is 17.6. The number of carbonyl (C=O) groups is 3. The molecule has 3 amide bonds. The summed E-state index contributed by atoms with van der Waals surface area (Å²) in [7, 11) is 0. The van der Waals surface area contributed by atoms with Crippen molar-refractivity contribution in [2.24, 2.45) is 11.3 Å². The van der Waals surface area contributed by atoms with Crippen LogP contribution in [0.1, 0.15) is 46.1 Å². The predicted octanol–water partition coefficient (Wildman–Crippen LogP) is 3.48. The second-order valence-corrected chi connectivity index (χ2v) is 8.34. The second-order valence-electron chi connectivity index (χ2n) is 8.34. The third-order valence-electron chi connectivity index (χ3n) is 5.22. The first-order chi connectivity index (χ1) is 13.6. The van der Waals surface area contributed by atoms with Crippen molar-refractivity contribution in [2.75, 3.05) is 13.1 Å². The number of nitrogens with zero attached hydrogens (tertiary/aromatic N) is 2. The molecule has 8 nitrogen and oxygen atoms in total. The Hall–Kier alpha value is -2.77. The highest BCUT2D eigenvalue weighted by Crippen LogP contribution is 2.35. The number of carboxylic acid groups (broad SMARTS) is 1. The fourth-order valence-electron chi connectivity index (χ4n) is 3.62. The molecule has 1 aliphatic heterocycles. The molecule has 0 radical (unpaired) electrons. The molecule has 160 valence electrons. The Kier molecular flexibility index (Phi) is 7.47. The maximum absolute atomic E-state index is 13.0. The molecule has 1 saturated heterocycles. The highest BCUT2D eigenvalue weighted by molar-refractivity contribution is 5.81. The van der Waals surface area contributed by atoms with E-state index in [1.165, 1.54) is 9.91 Å². The lowest BCUT2D eigenvalue weighted by Crippen LogP contribution is -2.56. The van der Waals surface area contributed by atoms with E-state index in [0.29, 0.717) is 25.9 Å². The summed E-state index contributed by atoms with van der Waals surface area (Å²) in [4.78, 5) is 38.1. The maximum Gasteiger partial charge on any atom is 0.426 e. The van der Waals surface area contributed by atoms with Gasteiger partial charge in [0.15, 0.2) is 0 Å². The number of hydrogen-bond donors (Lipinski definition) is 2. The summed E-state index contributed by atoms with van der Waals surface area (Å²) in [5.41, 5.74) is 3.07. The van der Waals surface area contributed by atoms with Gasteiger partial charge in [-0.05, 0) is 30.7 Å². The van der Waals surface area contributed by atoms with E-state index in [0.717, 1.165) is 5.56 Å². The number of likely N-dealkylation sites (tertiary alicyclic amines) is 1. The molecular weight excluding hydrogens is 374 g/mol. The molecule has 0 saturated carbocycles. The van der Waals surface area contributed by atoms with Gasteiger partial charge in [0.05, 0.1) is 0 Å². The van der Waals surface area contributed by atoms with Gasteiger partial charge in [0.2, 0.25) is 5.91 Å². The van der Waals surface area contributed by atoms with Gasteiger partial charge in [-0.15, -0.1) is 0 Å². The second kappa shape index (κ2) is 9.62. The maximum atomic E-state index is 13.0. The first-order valence-corrected chi connectivity index (χ1v) is 9.91. The van der Waals surface area contributed by atoms with Crippen LogP contribution >= 0.6 is 0 Å². The van der Waals surface area contributed by atoms with E-state index in [9.17, 15) is 19.5 Å². The molecule has 1 aliphatic rings. The molecule has 1 aromatic carbocycles. The van der Waals surface area contributed by atoms with Crippen LogP contribution in [-0.2, 0) is 16.1 Å². The van der Waals surface area contributed by atoms with E-state index in [1.807, 2.05) is 51.1 Å². The average Bonchev–Trinajstić information content (AvgIpc) is 2.69. The third kappa shape index (κ3) is 6.10. The summed E-state index contributed by atoms with van der Waals surface area (Å²) in [6.45, 7) is 8.37. The van der Waals surface area contributed by atoms with E-state index in [4.69, 9.17) is 4.74 Å². The molecule has 2 unspecified atom stereocenters. The Labute approximate surface area is 171 Å². The minimum absolute atomic E-state index is 0.113. The zero-order chi connectivity index (χ0) is 21.6. The highest BCUT2D eigenvalue weighted by atomic mass is 16.6. The Balaban J connectivity index is 1.97. The van der Waals surface area contributed by atoms with Crippen LogP contribution in [0.25, 0.3) is 0 Å². The molecule has 1 aromatic rings. The number of piperidine rings is 1. The highest BCUT2D eigenvalue weighted by Gasteiger charge is 2.41. The molecule has 0 spiro atoms. The Bertz CT molecular complexity index is 717.